The smallest absolute Gasteiger partial charge is 0.193 e. The molecule has 4 nitrogen and oxygen atoms in total. The van der Waals surface area contributed by atoms with Gasteiger partial charge in [-0.1, -0.05) is 32.1 Å². The number of nitrogens with zero attached hydrogens (tertiary/aromatic N) is 3. The highest BCUT2D eigenvalue weighted by Crippen LogP contribution is 2.44. The van der Waals surface area contributed by atoms with Gasteiger partial charge >= 0.3 is 0 Å². The summed E-state index contributed by atoms with van der Waals surface area (Å²) in [5.74, 6) is 3.96. The molecule has 2 heterocycles. The van der Waals surface area contributed by atoms with Crippen LogP contribution in [-0.4, -0.2) is 61.6 Å². The summed E-state index contributed by atoms with van der Waals surface area (Å²) in [6.07, 6.45) is 12.9. The molecule has 3 atom stereocenters. The lowest BCUT2D eigenvalue weighted by atomic mass is 9.85. The lowest BCUT2D eigenvalue weighted by molar-refractivity contribution is 0.280. The van der Waals surface area contributed by atoms with Gasteiger partial charge in [0.15, 0.2) is 5.96 Å². The van der Waals surface area contributed by atoms with Crippen LogP contribution in [0.1, 0.15) is 57.8 Å². The Labute approximate surface area is 148 Å². The maximum atomic E-state index is 4.61. The van der Waals surface area contributed by atoms with Gasteiger partial charge in [-0.3, -0.25) is 4.99 Å². The first-order chi connectivity index (χ1) is 11.8. The molecule has 136 valence electrons. The normalized spacial score (nSPS) is 35.6. The summed E-state index contributed by atoms with van der Waals surface area (Å²) in [7, 11) is 1.97. The topological polar surface area (TPSA) is 30.9 Å². The van der Waals surface area contributed by atoms with Gasteiger partial charge in [0.2, 0.25) is 0 Å². The average Bonchev–Trinajstić information content (AvgIpc) is 2.99. The maximum absolute atomic E-state index is 4.61. The van der Waals surface area contributed by atoms with Gasteiger partial charge in [0, 0.05) is 32.7 Å². The Balaban J connectivity index is 1.23. The number of rotatable bonds is 4. The Morgan fingerprint density at radius 1 is 1.00 bits per heavy atom. The predicted molar refractivity (Wildman–Crippen MR) is 100 cm³/mol. The molecule has 4 rings (SSSR count). The lowest BCUT2D eigenvalue weighted by Crippen LogP contribution is -2.42. The first kappa shape index (κ1) is 16.7. The lowest BCUT2D eigenvalue weighted by Gasteiger charge is -2.25. The number of nitrogens with one attached hydrogen (secondary N) is 1. The zero-order valence-corrected chi connectivity index (χ0v) is 15.6. The zero-order valence-electron chi connectivity index (χ0n) is 15.6. The molecule has 0 aromatic carbocycles. The molecule has 0 spiro atoms. The molecule has 0 bridgehead atoms. The molecule has 4 aliphatic rings. The molecule has 4 fully saturated rings. The predicted octanol–water partition coefficient (Wildman–Crippen LogP) is 2.95. The van der Waals surface area contributed by atoms with Gasteiger partial charge in [0.25, 0.3) is 0 Å². The summed E-state index contributed by atoms with van der Waals surface area (Å²) in [5, 5.41) is 3.81. The summed E-state index contributed by atoms with van der Waals surface area (Å²) >= 11 is 0. The Bertz CT molecular complexity index is 437. The molecule has 2 aliphatic heterocycles. The van der Waals surface area contributed by atoms with Crippen molar-refractivity contribution >= 4 is 5.96 Å². The van der Waals surface area contributed by atoms with Gasteiger partial charge < -0.3 is 15.1 Å². The van der Waals surface area contributed by atoms with Crippen LogP contribution < -0.4 is 5.32 Å². The summed E-state index contributed by atoms with van der Waals surface area (Å²) in [4.78, 5) is 9.81. The van der Waals surface area contributed by atoms with Crippen molar-refractivity contribution in [3.63, 3.8) is 0 Å². The number of likely N-dealkylation sites (tertiary alicyclic amines) is 2. The highest BCUT2D eigenvalue weighted by molar-refractivity contribution is 5.80. The number of hydrogen-bond donors (Lipinski definition) is 1. The third-order valence-electron chi connectivity index (χ3n) is 6.92. The number of aliphatic imine (C=N–C) groups is 1. The maximum Gasteiger partial charge on any atom is 0.193 e. The van der Waals surface area contributed by atoms with Crippen molar-refractivity contribution in [1.82, 2.24) is 15.1 Å². The van der Waals surface area contributed by atoms with Gasteiger partial charge in [0.1, 0.15) is 0 Å². The van der Waals surface area contributed by atoms with Crippen molar-refractivity contribution in [1.29, 1.82) is 0 Å². The quantitative estimate of drug-likeness (QED) is 0.634. The van der Waals surface area contributed by atoms with Crippen molar-refractivity contribution in [2.45, 2.75) is 63.8 Å². The number of guanidine groups is 1. The fourth-order valence-corrected chi connectivity index (χ4v) is 5.43. The summed E-state index contributed by atoms with van der Waals surface area (Å²) < 4.78 is 0. The van der Waals surface area contributed by atoms with E-state index in [1.165, 1.54) is 96.5 Å². The van der Waals surface area contributed by atoms with E-state index < -0.39 is 0 Å². The fourth-order valence-electron chi connectivity index (χ4n) is 5.43. The van der Waals surface area contributed by atoms with Gasteiger partial charge in [-0.05, 0) is 56.5 Å². The zero-order chi connectivity index (χ0) is 16.4. The summed E-state index contributed by atoms with van der Waals surface area (Å²) in [6, 6.07) is 0.712. The molecule has 2 aliphatic carbocycles. The van der Waals surface area contributed by atoms with Crippen molar-refractivity contribution < 1.29 is 0 Å². The second kappa shape index (κ2) is 7.63. The van der Waals surface area contributed by atoms with Crippen LogP contribution in [0.3, 0.4) is 0 Å². The Morgan fingerprint density at radius 3 is 2.54 bits per heavy atom. The van der Waals surface area contributed by atoms with Gasteiger partial charge in [-0.25, -0.2) is 0 Å². The highest BCUT2D eigenvalue weighted by Gasteiger charge is 2.44. The summed E-state index contributed by atoms with van der Waals surface area (Å²) in [5.41, 5.74) is 0. The molecule has 0 radical (unpaired) electrons. The van der Waals surface area contributed by atoms with Crippen LogP contribution in [-0.2, 0) is 0 Å². The molecule has 2 saturated heterocycles. The molecule has 4 heteroatoms. The van der Waals surface area contributed by atoms with Crippen LogP contribution in [0.5, 0.6) is 0 Å². The van der Waals surface area contributed by atoms with E-state index in [0.717, 1.165) is 17.8 Å². The molecule has 0 aromatic heterocycles. The van der Waals surface area contributed by atoms with Gasteiger partial charge in [-0.15, -0.1) is 0 Å². The van der Waals surface area contributed by atoms with Crippen molar-refractivity contribution in [3.05, 3.63) is 0 Å². The minimum Gasteiger partial charge on any atom is -0.353 e. The first-order valence-corrected chi connectivity index (χ1v) is 10.5. The molecule has 1 N–H and O–H groups in total. The molecular weight excluding hydrogens is 296 g/mol. The molecular formula is C20H36N4. The van der Waals surface area contributed by atoms with E-state index in [2.05, 4.69) is 20.1 Å². The molecule has 3 unspecified atom stereocenters. The van der Waals surface area contributed by atoms with E-state index in [-0.39, 0.29) is 0 Å². The van der Waals surface area contributed by atoms with E-state index in [9.17, 15) is 0 Å². The molecule has 0 amide bonds. The van der Waals surface area contributed by atoms with E-state index in [1.807, 2.05) is 7.05 Å². The van der Waals surface area contributed by atoms with Crippen molar-refractivity contribution in [2.75, 3.05) is 39.8 Å². The van der Waals surface area contributed by atoms with Gasteiger partial charge in [0.05, 0.1) is 0 Å². The van der Waals surface area contributed by atoms with Crippen LogP contribution in [0, 0.1) is 17.8 Å². The minimum atomic E-state index is 0.712. The van der Waals surface area contributed by atoms with Crippen LogP contribution >= 0.6 is 0 Å². The van der Waals surface area contributed by atoms with Crippen LogP contribution in [0.25, 0.3) is 0 Å². The third-order valence-corrected chi connectivity index (χ3v) is 6.92. The van der Waals surface area contributed by atoms with Crippen LogP contribution in [0.15, 0.2) is 4.99 Å². The van der Waals surface area contributed by atoms with Gasteiger partial charge in [-0.2, -0.15) is 0 Å². The minimum absolute atomic E-state index is 0.712. The fraction of sp³-hybridized carbons (Fsp3) is 0.950. The second-order valence-corrected chi connectivity index (χ2v) is 8.70. The Hall–Kier alpha value is -0.770. The standard InChI is InChI=1S/C20H36N4/c1-21-20(22-19-13-18(19)17-7-3-2-4-8-17)24-12-9-16(15-24)14-23-10-5-6-11-23/h16-19H,2-15H2,1H3,(H,21,22). The average molecular weight is 333 g/mol. The van der Waals surface area contributed by atoms with Crippen LogP contribution in [0.4, 0.5) is 0 Å². The first-order valence-electron chi connectivity index (χ1n) is 10.5. The second-order valence-electron chi connectivity index (χ2n) is 8.70. The monoisotopic (exact) mass is 332 g/mol. The molecule has 24 heavy (non-hydrogen) atoms. The van der Waals surface area contributed by atoms with Crippen molar-refractivity contribution in [3.8, 4) is 0 Å². The largest absolute Gasteiger partial charge is 0.353 e. The van der Waals surface area contributed by atoms with E-state index in [1.54, 1.807) is 0 Å². The van der Waals surface area contributed by atoms with E-state index in [4.69, 9.17) is 0 Å². The Morgan fingerprint density at radius 2 is 1.79 bits per heavy atom. The van der Waals surface area contributed by atoms with E-state index in [0.29, 0.717) is 6.04 Å². The summed E-state index contributed by atoms with van der Waals surface area (Å²) in [6.45, 7) is 6.36. The van der Waals surface area contributed by atoms with E-state index >= 15 is 0 Å². The number of hydrogen-bond acceptors (Lipinski definition) is 2. The SMILES string of the molecule is CN=C(NC1CC1C1CCCCC1)N1CCC(CN2CCCC2)C1. The highest BCUT2D eigenvalue weighted by atomic mass is 15.3. The Kier molecular flexibility index (Phi) is 5.31. The van der Waals surface area contributed by atoms with Crippen molar-refractivity contribution in [2.24, 2.45) is 22.7 Å². The molecule has 2 saturated carbocycles. The molecule has 0 aromatic rings. The van der Waals surface area contributed by atoms with Crippen LogP contribution in [0.2, 0.25) is 0 Å². The third kappa shape index (κ3) is 3.89.